The number of carbonyl (C=O) groups is 2. The Kier molecular flexibility index (Phi) is 4.11. The zero-order valence-electron chi connectivity index (χ0n) is 10.7. The molecule has 0 aliphatic heterocycles. The van der Waals surface area contributed by atoms with Gasteiger partial charge in [0.25, 0.3) is 5.91 Å². The molecule has 7 nitrogen and oxygen atoms in total. The Bertz CT molecular complexity index is 535. The number of aliphatic carboxylic acids is 1. The zero-order chi connectivity index (χ0) is 14.6. The highest BCUT2D eigenvalue weighted by molar-refractivity contribution is 5.90. The SMILES string of the molecule is O=C(/C=C/c1ccc(CNC2(C(=O)O)CC2)nc1)NO. The lowest BCUT2D eigenvalue weighted by Gasteiger charge is -2.11. The molecular weight excluding hydrogens is 262 g/mol. The van der Waals surface area contributed by atoms with Crippen LogP contribution in [0.3, 0.4) is 0 Å². The van der Waals surface area contributed by atoms with E-state index in [1.54, 1.807) is 18.3 Å². The summed E-state index contributed by atoms with van der Waals surface area (Å²) >= 11 is 0. The highest BCUT2D eigenvalue weighted by Crippen LogP contribution is 2.35. The highest BCUT2D eigenvalue weighted by Gasteiger charge is 2.49. The molecule has 1 aromatic rings. The minimum Gasteiger partial charge on any atom is -0.480 e. The highest BCUT2D eigenvalue weighted by atomic mass is 16.5. The topological polar surface area (TPSA) is 112 Å². The minimum absolute atomic E-state index is 0.382. The van der Waals surface area contributed by atoms with Gasteiger partial charge in [0.2, 0.25) is 0 Å². The maximum absolute atomic E-state index is 11.0. The van der Waals surface area contributed by atoms with Gasteiger partial charge < -0.3 is 5.11 Å². The van der Waals surface area contributed by atoms with Crippen molar-refractivity contribution in [2.24, 2.45) is 0 Å². The van der Waals surface area contributed by atoms with Gasteiger partial charge in [-0.1, -0.05) is 6.07 Å². The van der Waals surface area contributed by atoms with Crippen molar-refractivity contribution in [1.82, 2.24) is 15.8 Å². The van der Waals surface area contributed by atoms with Crippen LogP contribution >= 0.6 is 0 Å². The Balaban J connectivity index is 1.90. The summed E-state index contributed by atoms with van der Waals surface area (Å²) in [6.45, 7) is 0.382. The molecule has 1 aliphatic rings. The first-order valence-electron chi connectivity index (χ1n) is 6.11. The molecule has 0 spiro atoms. The number of nitrogens with zero attached hydrogens (tertiary/aromatic N) is 1. The Morgan fingerprint density at radius 3 is 2.65 bits per heavy atom. The predicted molar refractivity (Wildman–Crippen MR) is 69.6 cm³/mol. The van der Waals surface area contributed by atoms with Crippen LogP contribution in [-0.4, -0.2) is 32.7 Å². The third-order valence-corrected chi connectivity index (χ3v) is 3.15. The van der Waals surface area contributed by atoms with E-state index in [9.17, 15) is 9.59 Å². The van der Waals surface area contributed by atoms with Crippen molar-refractivity contribution >= 4 is 18.0 Å². The molecule has 0 atom stereocenters. The van der Waals surface area contributed by atoms with Crippen molar-refractivity contribution in [3.05, 3.63) is 35.7 Å². The van der Waals surface area contributed by atoms with Crippen LogP contribution in [0.2, 0.25) is 0 Å². The van der Waals surface area contributed by atoms with Crippen molar-refractivity contribution in [3.63, 3.8) is 0 Å². The normalized spacial score (nSPS) is 16.1. The van der Waals surface area contributed by atoms with E-state index < -0.39 is 17.4 Å². The number of carboxylic acid groups (broad SMARTS) is 1. The molecule has 1 aliphatic carbocycles. The summed E-state index contributed by atoms with van der Waals surface area (Å²) in [6.07, 6.45) is 5.53. The number of hydrogen-bond donors (Lipinski definition) is 4. The summed E-state index contributed by atoms with van der Waals surface area (Å²) < 4.78 is 0. The van der Waals surface area contributed by atoms with Gasteiger partial charge in [-0.3, -0.25) is 25.1 Å². The predicted octanol–water partition coefficient (Wildman–Crippen LogP) is 0.307. The van der Waals surface area contributed by atoms with Gasteiger partial charge in [-0.05, 0) is 30.5 Å². The van der Waals surface area contributed by atoms with E-state index in [1.807, 2.05) is 0 Å². The second-order valence-corrected chi connectivity index (χ2v) is 4.63. The molecule has 0 bridgehead atoms. The van der Waals surface area contributed by atoms with Crippen LogP contribution in [0.25, 0.3) is 6.08 Å². The lowest BCUT2D eigenvalue weighted by atomic mass is 10.2. The lowest BCUT2D eigenvalue weighted by molar-refractivity contribution is -0.140. The number of amides is 1. The van der Waals surface area contributed by atoms with Crippen LogP contribution in [-0.2, 0) is 16.1 Å². The lowest BCUT2D eigenvalue weighted by Crippen LogP contribution is -2.38. The monoisotopic (exact) mass is 277 g/mol. The van der Waals surface area contributed by atoms with Gasteiger partial charge >= 0.3 is 5.97 Å². The quantitative estimate of drug-likeness (QED) is 0.338. The van der Waals surface area contributed by atoms with E-state index in [-0.39, 0.29) is 0 Å². The summed E-state index contributed by atoms with van der Waals surface area (Å²) in [4.78, 5) is 26.0. The standard InChI is InChI=1S/C13H15N3O4/c17-11(16-20)4-2-9-1-3-10(14-7-9)8-15-13(5-6-13)12(18)19/h1-4,7,15,20H,5-6,8H2,(H,16,17)(H,18,19)/b4-2+. The number of nitrogens with one attached hydrogen (secondary N) is 2. The van der Waals surface area contributed by atoms with E-state index in [4.69, 9.17) is 10.3 Å². The summed E-state index contributed by atoms with van der Waals surface area (Å²) in [7, 11) is 0. The second-order valence-electron chi connectivity index (χ2n) is 4.63. The maximum Gasteiger partial charge on any atom is 0.323 e. The molecule has 1 fully saturated rings. The summed E-state index contributed by atoms with van der Waals surface area (Å²) in [5, 5.41) is 20.3. The average molecular weight is 277 g/mol. The smallest absolute Gasteiger partial charge is 0.323 e. The number of carboxylic acids is 1. The fourth-order valence-corrected chi connectivity index (χ4v) is 1.70. The Morgan fingerprint density at radius 1 is 1.40 bits per heavy atom. The second kappa shape index (κ2) is 5.81. The van der Waals surface area contributed by atoms with Crippen LogP contribution in [0.4, 0.5) is 0 Å². The van der Waals surface area contributed by atoms with Crippen LogP contribution in [0.15, 0.2) is 24.4 Å². The van der Waals surface area contributed by atoms with E-state index >= 15 is 0 Å². The van der Waals surface area contributed by atoms with Gasteiger partial charge in [0, 0.05) is 18.8 Å². The van der Waals surface area contributed by atoms with Crippen LogP contribution < -0.4 is 10.8 Å². The molecule has 0 radical (unpaired) electrons. The number of hydrogen-bond acceptors (Lipinski definition) is 5. The molecular formula is C13H15N3O4. The molecule has 4 N–H and O–H groups in total. The Hall–Kier alpha value is -2.25. The van der Waals surface area contributed by atoms with E-state index in [0.717, 1.165) is 5.69 Å². The van der Waals surface area contributed by atoms with E-state index in [0.29, 0.717) is 24.9 Å². The molecule has 0 saturated heterocycles. The zero-order valence-corrected chi connectivity index (χ0v) is 10.7. The van der Waals surface area contributed by atoms with Gasteiger partial charge in [-0.2, -0.15) is 0 Å². The largest absolute Gasteiger partial charge is 0.480 e. The number of aromatic nitrogens is 1. The van der Waals surface area contributed by atoms with Crippen LogP contribution in [0, 0.1) is 0 Å². The van der Waals surface area contributed by atoms with E-state index in [1.165, 1.54) is 17.6 Å². The Labute approximate surface area is 115 Å². The summed E-state index contributed by atoms with van der Waals surface area (Å²) in [5.41, 5.74) is 2.14. The average Bonchev–Trinajstić information content (AvgIpc) is 3.25. The van der Waals surface area contributed by atoms with Gasteiger partial charge in [-0.15, -0.1) is 0 Å². The molecule has 1 heterocycles. The van der Waals surface area contributed by atoms with Crippen molar-refractivity contribution in [2.75, 3.05) is 0 Å². The minimum atomic E-state index is -0.827. The van der Waals surface area contributed by atoms with Crippen molar-refractivity contribution in [3.8, 4) is 0 Å². The third kappa shape index (κ3) is 3.40. The molecule has 7 heteroatoms. The molecule has 1 aromatic heterocycles. The van der Waals surface area contributed by atoms with Crippen LogP contribution in [0.1, 0.15) is 24.1 Å². The van der Waals surface area contributed by atoms with Gasteiger partial charge in [-0.25, -0.2) is 5.48 Å². The fraction of sp³-hybridized carbons (Fsp3) is 0.308. The first-order chi connectivity index (χ1) is 9.55. The number of rotatable bonds is 6. The Morgan fingerprint density at radius 2 is 2.15 bits per heavy atom. The van der Waals surface area contributed by atoms with Gasteiger partial charge in [0.05, 0.1) is 5.69 Å². The van der Waals surface area contributed by atoms with E-state index in [2.05, 4.69) is 10.3 Å². The van der Waals surface area contributed by atoms with Crippen molar-refractivity contribution < 1.29 is 19.9 Å². The summed E-state index contributed by atoms with van der Waals surface area (Å²) in [6, 6.07) is 3.51. The maximum atomic E-state index is 11.0. The first-order valence-corrected chi connectivity index (χ1v) is 6.11. The molecule has 2 rings (SSSR count). The number of carbonyl (C=O) groups excluding carboxylic acids is 1. The van der Waals surface area contributed by atoms with Gasteiger partial charge in [0.1, 0.15) is 5.54 Å². The number of pyridine rings is 1. The van der Waals surface area contributed by atoms with Gasteiger partial charge in [0.15, 0.2) is 0 Å². The summed E-state index contributed by atoms with van der Waals surface area (Å²) in [5.74, 6) is -1.44. The first kappa shape index (κ1) is 14.2. The molecule has 0 unspecified atom stereocenters. The molecule has 1 saturated carbocycles. The fourth-order valence-electron chi connectivity index (χ4n) is 1.70. The number of hydroxylamine groups is 1. The van der Waals surface area contributed by atoms with Crippen molar-refractivity contribution in [1.29, 1.82) is 0 Å². The molecule has 20 heavy (non-hydrogen) atoms. The molecule has 106 valence electrons. The van der Waals surface area contributed by atoms with Crippen LogP contribution in [0.5, 0.6) is 0 Å². The molecule has 1 amide bonds. The third-order valence-electron chi connectivity index (χ3n) is 3.15. The molecule has 0 aromatic carbocycles. The van der Waals surface area contributed by atoms with Crippen molar-refractivity contribution in [2.45, 2.75) is 24.9 Å².